The van der Waals surface area contributed by atoms with Crippen LogP contribution < -0.4 is 21.7 Å². The average molecular weight is 897 g/mol. The van der Waals surface area contributed by atoms with Gasteiger partial charge in [0, 0.05) is 31.1 Å². The maximum atomic E-state index is 13.3. The Hall–Kier alpha value is -2.86. The van der Waals surface area contributed by atoms with Gasteiger partial charge in [-0.25, -0.2) is 9.36 Å². The fourth-order valence-corrected chi connectivity index (χ4v) is 5.65. The van der Waals surface area contributed by atoms with Gasteiger partial charge in [0.1, 0.15) is 25.4 Å². The van der Waals surface area contributed by atoms with E-state index in [1.165, 1.54) is 0 Å². The number of phosphoric ester groups is 1. The van der Waals surface area contributed by atoms with Crippen LogP contribution >= 0.6 is 7.82 Å². The summed E-state index contributed by atoms with van der Waals surface area (Å²) < 4.78 is 50.6. The van der Waals surface area contributed by atoms with Crippen molar-refractivity contribution < 1.29 is 66.2 Å². The molecule has 19 heteroatoms. The molecule has 61 heavy (non-hydrogen) atoms. The van der Waals surface area contributed by atoms with Crippen LogP contribution in [0.25, 0.3) is 0 Å². The Labute approximate surface area is 365 Å². The normalized spacial score (nSPS) is 15.1. The van der Waals surface area contributed by atoms with Gasteiger partial charge in [0.25, 0.3) is 0 Å². The molecule has 0 fully saturated rings. The topological polar surface area (TPSA) is 249 Å². The first-order chi connectivity index (χ1) is 27.8. The van der Waals surface area contributed by atoms with E-state index < -0.39 is 73.7 Å². The quantitative estimate of drug-likeness (QED) is 0.0242. The van der Waals surface area contributed by atoms with Gasteiger partial charge in [-0.05, 0) is 113 Å². The van der Waals surface area contributed by atoms with Crippen LogP contribution in [0.3, 0.4) is 0 Å². The SMILES string of the molecule is CC[C@H](C)NC(=O)COCC(=O)NCCC(C)OCCC(C)(C)OC(=O)NCCOP(=O)(O)OCC(COC(=O)C(C)(C)CCC(C)(C)N)OC(=O)C(C)(C)CCC(C)(C)C. The van der Waals surface area contributed by atoms with Crippen molar-refractivity contribution in [2.75, 3.05) is 52.7 Å². The van der Waals surface area contributed by atoms with Crippen molar-refractivity contribution in [1.82, 2.24) is 16.0 Å². The summed E-state index contributed by atoms with van der Waals surface area (Å²) in [4.78, 5) is 72.9. The molecule has 0 bridgehead atoms. The Balaban J connectivity index is 4.90. The van der Waals surface area contributed by atoms with Crippen molar-refractivity contribution in [3.05, 3.63) is 0 Å². The van der Waals surface area contributed by atoms with E-state index in [1.54, 1.807) is 41.5 Å². The van der Waals surface area contributed by atoms with Gasteiger partial charge in [-0.3, -0.25) is 28.2 Å². The summed E-state index contributed by atoms with van der Waals surface area (Å²) in [6, 6.07) is 0.0330. The molecule has 358 valence electrons. The Bertz CT molecular complexity index is 1410. The zero-order valence-corrected chi connectivity index (χ0v) is 40.5. The van der Waals surface area contributed by atoms with Crippen molar-refractivity contribution in [2.45, 2.75) is 171 Å². The lowest BCUT2D eigenvalue weighted by atomic mass is 9.80. The molecule has 0 aromatic rings. The van der Waals surface area contributed by atoms with Crippen LogP contribution in [0, 0.1) is 16.2 Å². The molecule has 0 aliphatic rings. The van der Waals surface area contributed by atoms with Gasteiger partial charge in [0.15, 0.2) is 6.10 Å². The molecule has 0 heterocycles. The number of carbonyl (C=O) groups excluding carboxylic acids is 5. The Morgan fingerprint density at radius 3 is 1.90 bits per heavy atom. The van der Waals surface area contributed by atoms with E-state index >= 15 is 0 Å². The number of esters is 2. The molecule has 3 unspecified atom stereocenters. The molecule has 0 saturated heterocycles. The first-order valence-corrected chi connectivity index (χ1v) is 22.8. The first-order valence-electron chi connectivity index (χ1n) is 21.3. The highest BCUT2D eigenvalue weighted by molar-refractivity contribution is 7.47. The molecule has 0 aromatic carbocycles. The van der Waals surface area contributed by atoms with Gasteiger partial charge in [-0.2, -0.15) is 0 Å². The zero-order valence-electron chi connectivity index (χ0n) is 39.6. The minimum absolute atomic E-state index is 0.0330. The predicted octanol–water partition coefficient (Wildman–Crippen LogP) is 5.71. The van der Waals surface area contributed by atoms with Gasteiger partial charge in [-0.15, -0.1) is 0 Å². The lowest BCUT2D eigenvalue weighted by molar-refractivity contribution is -0.172. The number of phosphoric acid groups is 1. The molecule has 0 saturated carbocycles. The second-order valence-electron chi connectivity index (χ2n) is 19.6. The summed E-state index contributed by atoms with van der Waals surface area (Å²) in [5, 5.41) is 7.93. The molecule has 0 spiro atoms. The number of rotatable bonds is 31. The van der Waals surface area contributed by atoms with Crippen LogP contribution in [0.5, 0.6) is 0 Å². The standard InChI is InChI=1S/C42H81N4O14P/c1-15-30(2)46-34(48)29-54-28-33(47)44-22-16-31(3)55-24-21-42(13,14)60-37(51)45-23-25-57-61(52,53)58-27-32(59-36(50)40(9,10)18-17-38(4,5)6)26-56-35(49)39(7,8)19-20-41(11,12)43/h30-32H,15-29,43H2,1-14H3,(H,44,47)(H,45,51)(H,46,48)(H,52,53)/t30-,31?,32?/m0/s1. The summed E-state index contributed by atoms with van der Waals surface area (Å²) >= 11 is 0. The molecule has 18 nitrogen and oxygen atoms in total. The fourth-order valence-electron chi connectivity index (χ4n) is 4.89. The number of carbonyl (C=O) groups is 5. The van der Waals surface area contributed by atoms with Gasteiger partial charge < -0.3 is 50.3 Å². The third kappa shape index (κ3) is 30.0. The van der Waals surface area contributed by atoms with E-state index in [0.717, 1.165) is 12.8 Å². The van der Waals surface area contributed by atoms with Crippen molar-refractivity contribution in [3.63, 3.8) is 0 Å². The number of alkyl carbamates (subject to hydrolysis) is 1. The highest BCUT2D eigenvalue weighted by Gasteiger charge is 2.36. The van der Waals surface area contributed by atoms with Gasteiger partial charge in [0.2, 0.25) is 11.8 Å². The van der Waals surface area contributed by atoms with Crippen molar-refractivity contribution in [3.8, 4) is 0 Å². The van der Waals surface area contributed by atoms with Gasteiger partial charge in [-0.1, -0.05) is 27.7 Å². The van der Waals surface area contributed by atoms with Crippen molar-refractivity contribution >= 4 is 37.7 Å². The zero-order chi connectivity index (χ0) is 47.3. The third-order valence-electron chi connectivity index (χ3n) is 9.56. The third-order valence-corrected chi connectivity index (χ3v) is 10.5. The summed E-state index contributed by atoms with van der Waals surface area (Å²) in [6.07, 6.45) is 1.64. The molecule has 4 atom stereocenters. The highest BCUT2D eigenvalue weighted by Crippen LogP contribution is 2.43. The smallest absolute Gasteiger partial charge is 0.461 e. The maximum Gasteiger partial charge on any atom is 0.472 e. The summed E-state index contributed by atoms with van der Waals surface area (Å²) in [7, 11) is -4.73. The van der Waals surface area contributed by atoms with Crippen LogP contribution in [-0.2, 0) is 56.5 Å². The number of hydrogen-bond acceptors (Lipinski definition) is 14. The van der Waals surface area contributed by atoms with Crippen LogP contribution in [0.4, 0.5) is 4.79 Å². The Kier molecular flexibility index (Phi) is 25.4. The minimum atomic E-state index is -4.73. The van der Waals surface area contributed by atoms with Crippen molar-refractivity contribution in [2.24, 2.45) is 22.0 Å². The van der Waals surface area contributed by atoms with Crippen LogP contribution in [-0.4, -0.2) is 117 Å². The highest BCUT2D eigenvalue weighted by atomic mass is 31.2. The van der Waals surface area contributed by atoms with Crippen LogP contribution in [0.15, 0.2) is 0 Å². The Morgan fingerprint density at radius 1 is 0.721 bits per heavy atom. The number of amides is 3. The lowest BCUT2D eigenvalue weighted by Gasteiger charge is -2.30. The van der Waals surface area contributed by atoms with Gasteiger partial charge >= 0.3 is 25.9 Å². The molecule has 0 radical (unpaired) electrons. The molecule has 3 amide bonds. The molecule has 0 rings (SSSR count). The lowest BCUT2D eigenvalue weighted by Crippen LogP contribution is -2.39. The summed E-state index contributed by atoms with van der Waals surface area (Å²) in [6.45, 7) is 24.4. The molecule has 6 N–H and O–H groups in total. The summed E-state index contributed by atoms with van der Waals surface area (Å²) in [5.41, 5.74) is 2.83. The average Bonchev–Trinajstić information content (AvgIpc) is 3.11. The number of ether oxygens (including phenoxy) is 5. The monoisotopic (exact) mass is 897 g/mol. The molecular weight excluding hydrogens is 815 g/mol. The van der Waals surface area contributed by atoms with E-state index in [2.05, 4.69) is 36.7 Å². The van der Waals surface area contributed by atoms with Gasteiger partial charge in [0.05, 0.1) is 36.8 Å². The first kappa shape index (κ1) is 58.1. The van der Waals surface area contributed by atoms with E-state index in [-0.39, 0.29) is 55.7 Å². The number of hydrogen-bond donors (Lipinski definition) is 5. The molecule has 0 aliphatic heterocycles. The number of nitrogens with one attached hydrogen (secondary N) is 3. The fraction of sp³-hybridized carbons (Fsp3) is 0.881. The molecule has 0 aliphatic carbocycles. The van der Waals surface area contributed by atoms with E-state index in [1.807, 2.05) is 34.6 Å². The second kappa shape index (κ2) is 26.7. The summed E-state index contributed by atoms with van der Waals surface area (Å²) in [5.74, 6) is -1.77. The van der Waals surface area contributed by atoms with E-state index in [4.69, 9.17) is 38.5 Å². The minimum Gasteiger partial charge on any atom is -0.461 e. The van der Waals surface area contributed by atoms with Crippen molar-refractivity contribution in [1.29, 1.82) is 0 Å². The molecule has 0 aromatic heterocycles. The maximum absolute atomic E-state index is 13.3. The second-order valence-corrected chi connectivity index (χ2v) is 21.0. The number of nitrogens with two attached hydrogens (primary N) is 1. The molecular formula is C42H81N4O14P. The van der Waals surface area contributed by atoms with E-state index in [0.29, 0.717) is 38.6 Å². The largest absolute Gasteiger partial charge is 0.472 e. The van der Waals surface area contributed by atoms with E-state index in [9.17, 15) is 33.4 Å². The Morgan fingerprint density at radius 2 is 1.31 bits per heavy atom. The van der Waals surface area contributed by atoms with Crippen LogP contribution in [0.1, 0.15) is 142 Å². The predicted molar refractivity (Wildman–Crippen MR) is 231 cm³/mol. The van der Waals surface area contributed by atoms with Crippen LogP contribution in [0.2, 0.25) is 0 Å².